The van der Waals surface area contributed by atoms with E-state index in [1.165, 1.54) is 0 Å². The molecule has 3 N–H and O–H groups in total. The van der Waals surface area contributed by atoms with Gasteiger partial charge in [0.25, 0.3) is 0 Å². The Morgan fingerprint density at radius 3 is 2.48 bits per heavy atom. The Morgan fingerprint density at radius 2 is 1.82 bits per heavy atom. The van der Waals surface area contributed by atoms with Crippen LogP contribution in [0.4, 0.5) is 10.8 Å². The minimum atomic E-state index is 0.0511. The molecular weight excluding hydrogens is 432 g/mol. The number of nitrogens with one attached hydrogen (secondary N) is 1. The third-order valence-corrected chi connectivity index (χ3v) is 6.07. The summed E-state index contributed by atoms with van der Waals surface area (Å²) in [5.41, 5.74) is 9.36. The van der Waals surface area contributed by atoms with Crippen molar-refractivity contribution in [3.05, 3.63) is 77.9 Å². The predicted octanol–water partition coefficient (Wildman–Crippen LogP) is 6.10. The molecule has 170 valence electrons. The van der Waals surface area contributed by atoms with E-state index >= 15 is 0 Å². The molecule has 0 aliphatic rings. The summed E-state index contributed by atoms with van der Waals surface area (Å²) in [5, 5.41) is 8.59. The Balaban J connectivity index is 1.73. The summed E-state index contributed by atoms with van der Waals surface area (Å²) in [7, 11) is 0. The molecule has 0 saturated carbocycles. The molecule has 0 unspecified atom stereocenters. The lowest BCUT2D eigenvalue weighted by Crippen LogP contribution is -2.17. The van der Waals surface area contributed by atoms with Crippen LogP contribution in [0.1, 0.15) is 31.9 Å². The maximum Gasteiger partial charge on any atom is 0.191 e. The molecule has 0 bridgehead atoms. The van der Waals surface area contributed by atoms with Crippen LogP contribution >= 0.6 is 11.3 Å². The number of fused-ring (bicyclic) bond motifs is 1. The van der Waals surface area contributed by atoms with Gasteiger partial charge in [-0.05, 0) is 74.9 Å². The highest BCUT2D eigenvalue weighted by Crippen LogP contribution is 2.36. The molecule has 6 nitrogen and oxygen atoms in total. The van der Waals surface area contributed by atoms with Crippen LogP contribution in [-0.4, -0.2) is 23.5 Å². The maximum atomic E-state index is 7.69. The van der Waals surface area contributed by atoms with Crippen molar-refractivity contribution >= 4 is 38.2 Å². The van der Waals surface area contributed by atoms with Gasteiger partial charge in [0.05, 0.1) is 29.5 Å². The van der Waals surface area contributed by atoms with E-state index in [-0.39, 0.29) is 11.9 Å². The first-order valence-corrected chi connectivity index (χ1v) is 11.8. The lowest BCUT2D eigenvalue weighted by molar-refractivity contribution is 0.223. The molecule has 0 aliphatic carbocycles. The zero-order chi connectivity index (χ0) is 23.4. The third kappa shape index (κ3) is 5.26. The van der Waals surface area contributed by atoms with Gasteiger partial charge in [-0.1, -0.05) is 29.5 Å². The van der Waals surface area contributed by atoms with Gasteiger partial charge < -0.3 is 20.1 Å². The summed E-state index contributed by atoms with van der Waals surface area (Å²) in [4.78, 5) is 7.05. The average Bonchev–Trinajstić information content (AvgIpc) is 3.23. The van der Waals surface area contributed by atoms with Crippen LogP contribution in [0.2, 0.25) is 0 Å². The zero-order valence-corrected chi connectivity index (χ0v) is 19.9. The van der Waals surface area contributed by atoms with Crippen LogP contribution < -0.4 is 20.1 Å². The van der Waals surface area contributed by atoms with Crippen molar-refractivity contribution in [1.29, 1.82) is 5.41 Å². The van der Waals surface area contributed by atoms with Crippen molar-refractivity contribution in [2.75, 3.05) is 11.5 Å². The lowest BCUT2D eigenvalue weighted by atomic mass is 10.1. The maximum absolute atomic E-state index is 7.69. The largest absolute Gasteiger partial charge is 0.490 e. The third-order valence-electron chi connectivity index (χ3n) is 5.01. The van der Waals surface area contributed by atoms with Gasteiger partial charge >= 0.3 is 0 Å². The minimum Gasteiger partial charge on any atom is -0.490 e. The number of nitrogens with zero attached hydrogens (tertiary/aromatic N) is 2. The molecule has 0 radical (unpaired) electrons. The number of benzene rings is 3. The van der Waals surface area contributed by atoms with E-state index in [1.54, 1.807) is 11.3 Å². The highest BCUT2D eigenvalue weighted by molar-refractivity contribution is 7.22. The van der Waals surface area contributed by atoms with Crippen LogP contribution in [0.3, 0.4) is 0 Å². The van der Waals surface area contributed by atoms with Crippen LogP contribution in [0.5, 0.6) is 11.5 Å². The first kappa shape index (κ1) is 22.6. The van der Waals surface area contributed by atoms with Crippen molar-refractivity contribution in [3.63, 3.8) is 0 Å². The van der Waals surface area contributed by atoms with Crippen molar-refractivity contribution < 1.29 is 9.47 Å². The Morgan fingerprint density at radius 1 is 1.06 bits per heavy atom. The van der Waals surface area contributed by atoms with Gasteiger partial charge in [0.15, 0.2) is 16.6 Å². The number of rotatable bonds is 9. The molecule has 0 aliphatic heterocycles. The van der Waals surface area contributed by atoms with Gasteiger partial charge in [-0.3, -0.25) is 5.41 Å². The molecule has 0 spiro atoms. The Hall–Kier alpha value is -3.58. The molecule has 1 heterocycles. The van der Waals surface area contributed by atoms with Crippen molar-refractivity contribution in [3.8, 4) is 11.5 Å². The predicted molar refractivity (Wildman–Crippen MR) is 136 cm³/mol. The van der Waals surface area contributed by atoms with E-state index in [9.17, 15) is 0 Å². The molecular formula is C26H28N4O2S. The lowest BCUT2D eigenvalue weighted by Gasteiger charge is -2.23. The van der Waals surface area contributed by atoms with E-state index in [0.29, 0.717) is 18.7 Å². The Kier molecular flexibility index (Phi) is 6.79. The summed E-state index contributed by atoms with van der Waals surface area (Å²) in [6.07, 6.45) is 0.0640. The van der Waals surface area contributed by atoms with Gasteiger partial charge in [0.2, 0.25) is 0 Å². The van der Waals surface area contributed by atoms with E-state index in [1.807, 2.05) is 75.4 Å². The van der Waals surface area contributed by atoms with E-state index in [0.717, 1.165) is 38.1 Å². The SMILES string of the molecule is CCOc1cc(CN(c2ccc(C(=N)N)cc2)c2nc3ccccc3s2)ccc1OC(C)C. The molecule has 33 heavy (non-hydrogen) atoms. The van der Waals surface area contributed by atoms with E-state index in [2.05, 4.69) is 17.0 Å². The number of nitrogens with two attached hydrogens (primary N) is 1. The van der Waals surface area contributed by atoms with Crippen LogP contribution in [0.25, 0.3) is 10.2 Å². The molecule has 0 saturated heterocycles. The Bertz CT molecular complexity index is 1220. The highest BCUT2D eigenvalue weighted by atomic mass is 32.1. The second kappa shape index (κ2) is 9.92. The number of para-hydroxylation sites is 1. The van der Waals surface area contributed by atoms with Crippen LogP contribution in [-0.2, 0) is 6.54 Å². The smallest absolute Gasteiger partial charge is 0.191 e. The standard InChI is InChI=1S/C26H28N4O2S/c1-4-31-23-15-18(9-14-22(23)32-17(2)3)16-30(20-12-10-19(11-13-20)25(27)28)26-29-21-7-5-6-8-24(21)33-26/h5-15,17H,4,16H2,1-3H3,(H3,27,28). The van der Waals surface area contributed by atoms with Gasteiger partial charge in [0.1, 0.15) is 5.84 Å². The molecule has 4 aromatic rings. The van der Waals surface area contributed by atoms with Gasteiger partial charge in [0, 0.05) is 11.3 Å². The minimum absolute atomic E-state index is 0.0511. The molecule has 4 rings (SSSR count). The summed E-state index contributed by atoms with van der Waals surface area (Å²) >= 11 is 1.65. The fourth-order valence-corrected chi connectivity index (χ4v) is 4.50. The molecule has 1 aromatic heterocycles. The first-order chi connectivity index (χ1) is 15.9. The van der Waals surface area contributed by atoms with Gasteiger partial charge in [-0.2, -0.15) is 0 Å². The first-order valence-electron chi connectivity index (χ1n) is 10.9. The number of ether oxygens (including phenoxy) is 2. The Labute approximate surface area is 198 Å². The molecule has 7 heteroatoms. The topological polar surface area (TPSA) is 84.5 Å². The molecule has 3 aromatic carbocycles. The number of nitrogen functional groups attached to an aromatic ring is 1. The van der Waals surface area contributed by atoms with Crippen LogP contribution in [0.15, 0.2) is 66.7 Å². The number of thiazole rings is 1. The fourth-order valence-electron chi connectivity index (χ4n) is 3.52. The quantitative estimate of drug-likeness (QED) is 0.233. The summed E-state index contributed by atoms with van der Waals surface area (Å²) in [6, 6.07) is 21.9. The van der Waals surface area contributed by atoms with E-state index in [4.69, 9.17) is 25.6 Å². The van der Waals surface area contributed by atoms with Crippen molar-refractivity contribution in [2.24, 2.45) is 5.73 Å². The summed E-state index contributed by atoms with van der Waals surface area (Å²) < 4.78 is 12.9. The number of amidine groups is 1. The van der Waals surface area contributed by atoms with Crippen LogP contribution in [0, 0.1) is 5.41 Å². The van der Waals surface area contributed by atoms with Gasteiger partial charge in [-0.15, -0.1) is 0 Å². The normalized spacial score (nSPS) is 11.0. The average molecular weight is 461 g/mol. The molecule has 0 amide bonds. The number of aromatic nitrogens is 1. The van der Waals surface area contributed by atoms with Crippen molar-refractivity contribution in [2.45, 2.75) is 33.4 Å². The monoisotopic (exact) mass is 460 g/mol. The number of hydrogen-bond acceptors (Lipinski definition) is 6. The second-order valence-electron chi connectivity index (χ2n) is 7.89. The molecule has 0 atom stereocenters. The second-order valence-corrected chi connectivity index (χ2v) is 8.90. The summed E-state index contributed by atoms with van der Waals surface area (Å²) in [5.74, 6) is 1.53. The molecule has 0 fully saturated rings. The number of anilines is 2. The summed E-state index contributed by atoms with van der Waals surface area (Å²) in [6.45, 7) is 7.13. The fraction of sp³-hybridized carbons (Fsp3) is 0.231. The van der Waals surface area contributed by atoms with E-state index < -0.39 is 0 Å². The zero-order valence-electron chi connectivity index (χ0n) is 19.0. The number of hydrogen-bond donors (Lipinski definition) is 2. The highest BCUT2D eigenvalue weighted by Gasteiger charge is 2.17. The van der Waals surface area contributed by atoms with Crippen molar-refractivity contribution in [1.82, 2.24) is 4.98 Å². The van der Waals surface area contributed by atoms with Gasteiger partial charge in [-0.25, -0.2) is 4.98 Å².